The van der Waals surface area contributed by atoms with E-state index in [2.05, 4.69) is 0 Å². The molecule has 0 aromatic rings. The quantitative estimate of drug-likeness (QED) is 0.607. The largest absolute Gasteiger partial charge is 0.317 e. The number of hydrogen-bond donors (Lipinski definition) is 2. The maximum absolute atomic E-state index is 7.82. The maximum atomic E-state index is 7.82. The van der Waals surface area contributed by atoms with E-state index in [9.17, 15) is 0 Å². The second-order valence-corrected chi connectivity index (χ2v) is 3.03. The van der Waals surface area contributed by atoms with E-state index < -0.39 is 0 Å². The SMILES string of the molecule is C1CCCCC1.CCCNO. The van der Waals surface area contributed by atoms with Gasteiger partial charge >= 0.3 is 0 Å². The highest BCUT2D eigenvalue weighted by Crippen LogP contribution is 2.15. The first-order chi connectivity index (χ1) is 5.41. The molecule has 0 radical (unpaired) electrons. The van der Waals surface area contributed by atoms with Gasteiger partial charge < -0.3 is 5.21 Å². The van der Waals surface area contributed by atoms with Crippen molar-refractivity contribution in [2.24, 2.45) is 0 Å². The fourth-order valence-electron chi connectivity index (χ4n) is 1.17. The van der Waals surface area contributed by atoms with E-state index in [-0.39, 0.29) is 0 Å². The number of rotatable bonds is 2. The molecule has 0 bridgehead atoms. The average Bonchev–Trinajstić information content (AvgIpc) is 2.10. The molecule has 1 saturated carbocycles. The highest BCUT2D eigenvalue weighted by Gasteiger charge is 1.95. The van der Waals surface area contributed by atoms with E-state index in [1.54, 1.807) is 0 Å². The van der Waals surface area contributed by atoms with Crippen molar-refractivity contribution in [3.63, 3.8) is 0 Å². The van der Waals surface area contributed by atoms with Crippen molar-refractivity contribution < 1.29 is 5.21 Å². The summed E-state index contributed by atoms with van der Waals surface area (Å²) in [5.74, 6) is 0. The average molecular weight is 159 g/mol. The normalized spacial score (nSPS) is 16.9. The molecule has 0 amide bonds. The molecule has 2 heteroatoms. The van der Waals surface area contributed by atoms with Gasteiger partial charge in [-0.1, -0.05) is 45.4 Å². The Morgan fingerprint density at radius 2 is 1.36 bits per heavy atom. The minimum absolute atomic E-state index is 0.694. The van der Waals surface area contributed by atoms with E-state index >= 15 is 0 Å². The van der Waals surface area contributed by atoms with Gasteiger partial charge in [-0.2, -0.15) is 0 Å². The molecule has 1 aliphatic carbocycles. The Morgan fingerprint density at radius 3 is 1.45 bits per heavy atom. The van der Waals surface area contributed by atoms with E-state index in [1.807, 2.05) is 12.4 Å². The van der Waals surface area contributed by atoms with E-state index in [4.69, 9.17) is 5.21 Å². The number of hydroxylamine groups is 1. The van der Waals surface area contributed by atoms with Gasteiger partial charge in [-0.3, -0.25) is 0 Å². The Balaban J connectivity index is 0.000000187. The van der Waals surface area contributed by atoms with Gasteiger partial charge in [0.2, 0.25) is 0 Å². The summed E-state index contributed by atoms with van der Waals surface area (Å²) in [7, 11) is 0. The lowest BCUT2D eigenvalue weighted by molar-refractivity contribution is 0.167. The van der Waals surface area contributed by atoms with Crippen molar-refractivity contribution in [2.45, 2.75) is 51.9 Å². The van der Waals surface area contributed by atoms with Crippen molar-refractivity contribution in [3.05, 3.63) is 0 Å². The molecule has 11 heavy (non-hydrogen) atoms. The van der Waals surface area contributed by atoms with Crippen molar-refractivity contribution in [2.75, 3.05) is 6.54 Å². The fourth-order valence-corrected chi connectivity index (χ4v) is 1.17. The summed E-state index contributed by atoms with van der Waals surface area (Å²) in [5, 5.41) is 7.82. The van der Waals surface area contributed by atoms with Crippen LogP contribution in [-0.2, 0) is 0 Å². The van der Waals surface area contributed by atoms with Gasteiger partial charge in [0.15, 0.2) is 0 Å². The van der Waals surface area contributed by atoms with Gasteiger partial charge in [0.05, 0.1) is 0 Å². The van der Waals surface area contributed by atoms with Gasteiger partial charge in [-0.05, 0) is 6.42 Å². The van der Waals surface area contributed by atoms with Crippen molar-refractivity contribution in [1.82, 2.24) is 5.48 Å². The minimum atomic E-state index is 0.694. The standard InChI is InChI=1S/C6H12.C3H9NO/c1-2-4-6-5-3-1;1-2-3-4-5/h1-6H2;4-5H,2-3H2,1H3. The lowest BCUT2D eigenvalue weighted by Gasteiger charge is -2.05. The first kappa shape index (κ1) is 10.9. The van der Waals surface area contributed by atoms with Crippen LogP contribution in [0.5, 0.6) is 0 Å². The molecule has 0 heterocycles. The lowest BCUT2D eigenvalue weighted by atomic mass is 10.0. The Kier molecular flexibility index (Phi) is 9.85. The molecule has 0 aromatic heterocycles. The Morgan fingerprint density at radius 1 is 1.00 bits per heavy atom. The van der Waals surface area contributed by atoms with Crippen LogP contribution in [-0.4, -0.2) is 11.8 Å². The molecule has 68 valence electrons. The first-order valence-electron chi connectivity index (χ1n) is 4.78. The predicted octanol–water partition coefficient (Wildman–Crippen LogP) is 2.72. The molecule has 0 saturated heterocycles. The Bertz CT molecular complexity index is 49.1. The number of nitrogens with one attached hydrogen (secondary N) is 1. The molecular formula is C9H21NO. The Hall–Kier alpha value is -0.0800. The molecule has 0 aromatic carbocycles. The minimum Gasteiger partial charge on any atom is -0.317 e. The van der Waals surface area contributed by atoms with Gasteiger partial charge in [0.1, 0.15) is 0 Å². The smallest absolute Gasteiger partial charge is 0.0204 e. The van der Waals surface area contributed by atoms with Crippen LogP contribution in [0.3, 0.4) is 0 Å². The molecule has 0 spiro atoms. The molecule has 1 rings (SSSR count). The zero-order chi connectivity index (χ0) is 8.36. The summed E-state index contributed by atoms with van der Waals surface area (Å²) in [4.78, 5) is 0. The summed E-state index contributed by atoms with van der Waals surface area (Å²) < 4.78 is 0. The molecule has 1 fully saturated rings. The van der Waals surface area contributed by atoms with Crippen molar-refractivity contribution >= 4 is 0 Å². The van der Waals surface area contributed by atoms with Gasteiger partial charge in [-0.25, -0.2) is 5.48 Å². The van der Waals surface area contributed by atoms with Crippen LogP contribution in [0.4, 0.5) is 0 Å². The highest BCUT2D eigenvalue weighted by atomic mass is 16.5. The summed E-state index contributed by atoms with van der Waals surface area (Å²) in [6.07, 6.45) is 9.98. The number of hydrogen-bond acceptors (Lipinski definition) is 2. The molecule has 1 aliphatic rings. The van der Waals surface area contributed by atoms with E-state index in [0.717, 1.165) is 6.42 Å². The predicted molar refractivity (Wildman–Crippen MR) is 47.8 cm³/mol. The third-order valence-electron chi connectivity index (χ3n) is 1.86. The summed E-state index contributed by atoms with van der Waals surface area (Å²) in [6.45, 7) is 2.68. The fraction of sp³-hybridized carbons (Fsp3) is 1.00. The second-order valence-electron chi connectivity index (χ2n) is 3.03. The summed E-state index contributed by atoms with van der Waals surface area (Å²) in [6, 6.07) is 0. The highest BCUT2D eigenvalue weighted by molar-refractivity contribution is 4.51. The summed E-state index contributed by atoms with van der Waals surface area (Å²) in [5.41, 5.74) is 2.02. The van der Waals surface area contributed by atoms with Crippen molar-refractivity contribution in [3.8, 4) is 0 Å². The third kappa shape index (κ3) is 9.92. The van der Waals surface area contributed by atoms with Crippen molar-refractivity contribution in [1.29, 1.82) is 0 Å². The molecule has 0 unspecified atom stereocenters. The topological polar surface area (TPSA) is 32.3 Å². The van der Waals surface area contributed by atoms with E-state index in [1.165, 1.54) is 38.5 Å². The van der Waals surface area contributed by atoms with Crippen LogP contribution in [0.1, 0.15) is 51.9 Å². The maximum Gasteiger partial charge on any atom is 0.0204 e. The van der Waals surface area contributed by atoms with Gasteiger partial charge in [-0.15, -0.1) is 0 Å². The zero-order valence-corrected chi connectivity index (χ0v) is 7.60. The van der Waals surface area contributed by atoms with Crippen LogP contribution in [0.2, 0.25) is 0 Å². The third-order valence-corrected chi connectivity index (χ3v) is 1.86. The lowest BCUT2D eigenvalue weighted by Crippen LogP contribution is -2.06. The van der Waals surface area contributed by atoms with Crippen LogP contribution >= 0.6 is 0 Å². The Labute approximate surface area is 70.0 Å². The first-order valence-corrected chi connectivity index (χ1v) is 4.78. The molecule has 0 atom stereocenters. The molecule has 0 aliphatic heterocycles. The molecule has 2 N–H and O–H groups in total. The van der Waals surface area contributed by atoms with Crippen LogP contribution in [0, 0.1) is 0 Å². The van der Waals surface area contributed by atoms with Crippen LogP contribution in [0.25, 0.3) is 0 Å². The zero-order valence-electron chi connectivity index (χ0n) is 7.60. The van der Waals surface area contributed by atoms with E-state index in [0.29, 0.717) is 6.54 Å². The molecular weight excluding hydrogens is 138 g/mol. The van der Waals surface area contributed by atoms with Gasteiger partial charge in [0.25, 0.3) is 0 Å². The van der Waals surface area contributed by atoms with Gasteiger partial charge in [0, 0.05) is 6.54 Å². The monoisotopic (exact) mass is 159 g/mol. The van der Waals surface area contributed by atoms with Crippen LogP contribution < -0.4 is 5.48 Å². The summed E-state index contributed by atoms with van der Waals surface area (Å²) >= 11 is 0. The van der Waals surface area contributed by atoms with Crippen LogP contribution in [0.15, 0.2) is 0 Å². The molecule has 2 nitrogen and oxygen atoms in total. The second kappa shape index (κ2) is 9.92.